The Bertz CT molecular complexity index is 789. The lowest BCUT2D eigenvalue weighted by atomic mass is 10.00. The average molecular weight is 392 g/mol. The summed E-state index contributed by atoms with van der Waals surface area (Å²) in [6, 6.07) is 9.19. The van der Waals surface area contributed by atoms with Crippen LogP contribution in [0.3, 0.4) is 0 Å². The number of amides is 2. The van der Waals surface area contributed by atoms with E-state index in [-0.39, 0.29) is 24.2 Å². The third-order valence-corrected chi connectivity index (χ3v) is 5.77. The van der Waals surface area contributed by atoms with Crippen molar-refractivity contribution in [2.45, 2.75) is 43.9 Å². The van der Waals surface area contributed by atoms with Gasteiger partial charge in [0, 0.05) is 36.8 Å². The van der Waals surface area contributed by atoms with Gasteiger partial charge in [0.15, 0.2) is 0 Å². The Morgan fingerprint density at radius 1 is 1.15 bits per heavy atom. The molecule has 2 fully saturated rings. The molecule has 5 nitrogen and oxygen atoms in total. The number of carbonyl (C=O) groups is 1. The SMILES string of the molecule is O=C(Nc1ccc(Cl)c(Cl)c1)N1C2CCC1CC(Oc1cccnc1)C2. The number of hydrogen-bond donors (Lipinski definition) is 1. The van der Waals surface area contributed by atoms with Crippen LogP contribution in [0, 0.1) is 0 Å². The van der Waals surface area contributed by atoms with E-state index in [2.05, 4.69) is 10.3 Å². The zero-order chi connectivity index (χ0) is 18.1. The first-order valence-corrected chi connectivity index (χ1v) is 9.47. The lowest BCUT2D eigenvalue weighted by Crippen LogP contribution is -2.50. The summed E-state index contributed by atoms with van der Waals surface area (Å²) in [4.78, 5) is 18.8. The summed E-state index contributed by atoms with van der Waals surface area (Å²) in [7, 11) is 0. The second kappa shape index (κ2) is 7.33. The van der Waals surface area contributed by atoms with Gasteiger partial charge in [0.2, 0.25) is 0 Å². The Morgan fingerprint density at radius 2 is 1.92 bits per heavy atom. The van der Waals surface area contributed by atoms with E-state index in [4.69, 9.17) is 27.9 Å². The molecule has 2 aromatic rings. The van der Waals surface area contributed by atoms with Crippen molar-refractivity contribution in [1.82, 2.24) is 9.88 Å². The second-order valence-electron chi connectivity index (χ2n) is 6.75. The molecule has 2 amide bonds. The zero-order valence-corrected chi connectivity index (χ0v) is 15.6. The quantitative estimate of drug-likeness (QED) is 0.800. The molecule has 4 rings (SSSR count). The van der Waals surface area contributed by atoms with Crippen LogP contribution in [0.25, 0.3) is 0 Å². The van der Waals surface area contributed by atoms with Crippen LogP contribution in [0.1, 0.15) is 25.7 Å². The van der Waals surface area contributed by atoms with E-state index < -0.39 is 0 Å². The summed E-state index contributed by atoms with van der Waals surface area (Å²) >= 11 is 12.0. The fourth-order valence-corrected chi connectivity index (χ4v) is 4.22. The number of ether oxygens (including phenoxy) is 1. The first-order valence-electron chi connectivity index (χ1n) is 8.71. The van der Waals surface area contributed by atoms with Crippen molar-refractivity contribution in [3.05, 3.63) is 52.8 Å². The number of halogens is 2. The minimum atomic E-state index is -0.0873. The summed E-state index contributed by atoms with van der Waals surface area (Å²) in [5, 5.41) is 3.84. The molecule has 1 N–H and O–H groups in total. The Balaban J connectivity index is 1.41. The molecule has 2 bridgehead atoms. The van der Waals surface area contributed by atoms with Crippen molar-refractivity contribution in [2.24, 2.45) is 0 Å². The van der Waals surface area contributed by atoms with Gasteiger partial charge in [-0.3, -0.25) is 4.98 Å². The summed E-state index contributed by atoms with van der Waals surface area (Å²) in [5.41, 5.74) is 0.650. The summed E-state index contributed by atoms with van der Waals surface area (Å²) in [5.74, 6) is 0.783. The third-order valence-electron chi connectivity index (χ3n) is 5.03. The van der Waals surface area contributed by atoms with Crippen LogP contribution < -0.4 is 10.1 Å². The minimum absolute atomic E-state index is 0.0873. The van der Waals surface area contributed by atoms with Gasteiger partial charge < -0.3 is 15.0 Å². The maximum atomic E-state index is 12.8. The smallest absolute Gasteiger partial charge is 0.322 e. The molecule has 0 aliphatic carbocycles. The van der Waals surface area contributed by atoms with Gasteiger partial charge in [-0.25, -0.2) is 4.79 Å². The van der Waals surface area contributed by atoms with Crippen molar-refractivity contribution in [2.75, 3.05) is 5.32 Å². The predicted octanol–water partition coefficient (Wildman–Crippen LogP) is 4.99. The lowest BCUT2D eigenvalue weighted by molar-refractivity contribution is 0.0730. The number of anilines is 1. The van der Waals surface area contributed by atoms with Crippen molar-refractivity contribution in [3.63, 3.8) is 0 Å². The number of hydrogen-bond acceptors (Lipinski definition) is 3. The van der Waals surface area contributed by atoms with Crippen LogP contribution in [0.2, 0.25) is 10.0 Å². The van der Waals surface area contributed by atoms with E-state index in [9.17, 15) is 4.79 Å². The lowest BCUT2D eigenvalue weighted by Gasteiger charge is -2.38. The van der Waals surface area contributed by atoms with Gasteiger partial charge in [-0.2, -0.15) is 0 Å². The Labute approximate surface area is 162 Å². The summed E-state index contributed by atoms with van der Waals surface area (Å²) in [6.45, 7) is 0. The number of piperidine rings is 1. The molecule has 7 heteroatoms. The standard InChI is InChI=1S/C19H19Cl2N3O2/c20-17-6-3-12(8-18(17)21)23-19(25)24-13-4-5-14(24)10-16(9-13)26-15-2-1-7-22-11-15/h1-3,6-8,11,13-14,16H,4-5,9-10H2,(H,23,25). The zero-order valence-electron chi connectivity index (χ0n) is 14.1. The highest BCUT2D eigenvalue weighted by Gasteiger charge is 2.44. The second-order valence-corrected chi connectivity index (χ2v) is 7.57. The predicted molar refractivity (Wildman–Crippen MR) is 102 cm³/mol. The van der Waals surface area contributed by atoms with Crippen LogP contribution in [0.4, 0.5) is 10.5 Å². The molecule has 2 aliphatic heterocycles. The van der Waals surface area contributed by atoms with Crippen molar-refractivity contribution < 1.29 is 9.53 Å². The first-order chi connectivity index (χ1) is 12.6. The molecule has 0 spiro atoms. The van der Waals surface area contributed by atoms with E-state index in [1.165, 1.54) is 0 Å². The number of fused-ring (bicyclic) bond motifs is 2. The maximum Gasteiger partial charge on any atom is 0.322 e. The number of aromatic nitrogens is 1. The van der Waals surface area contributed by atoms with Gasteiger partial charge in [-0.1, -0.05) is 23.2 Å². The third kappa shape index (κ3) is 3.60. The number of urea groups is 1. The van der Waals surface area contributed by atoms with Crippen molar-refractivity contribution in [1.29, 1.82) is 0 Å². The van der Waals surface area contributed by atoms with Gasteiger partial charge >= 0.3 is 6.03 Å². The van der Waals surface area contributed by atoms with E-state index in [1.54, 1.807) is 30.6 Å². The molecule has 1 aromatic carbocycles. The molecule has 3 heterocycles. The van der Waals surface area contributed by atoms with Crippen molar-refractivity contribution in [3.8, 4) is 5.75 Å². The Hall–Kier alpha value is -1.98. The fraction of sp³-hybridized carbons (Fsp3) is 0.368. The average Bonchev–Trinajstić information content (AvgIpc) is 2.90. The number of pyridine rings is 1. The van der Waals surface area contributed by atoms with Gasteiger partial charge in [0.05, 0.1) is 16.2 Å². The molecular weight excluding hydrogens is 373 g/mol. The molecule has 0 saturated carbocycles. The number of carbonyl (C=O) groups excluding carboxylic acids is 1. The van der Waals surface area contributed by atoms with Crippen molar-refractivity contribution >= 4 is 34.9 Å². The highest BCUT2D eigenvalue weighted by atomic mass is 35.5. The van der Waals surface area contributed by atoms with E-state index >= 15 is 0 Å². The van der Waals surface area contributed by atoms with Crippen LogP contribution in [0.5, 0.6) is 5.75 Å². The summed E-state index contributed by atoms with van der Waals surface area (Å²) < 4.78 is 6.06. The van der Waals surface area contributed by atoms with Gasteiger partial charge in [0.1, 0.15) is 11.9 Å². The van der Waals surface area contributed by atoms with E-state index in [0.29, 0.717) is 15.7 Å². The largest absolute Gasteiger partial charge is 0.489 e. The number of benzene rings is 1. The van der Waals surface area contributed by atoms with E-state index in [1.807, 2.05) is 17.0 Å². The molecule has 1 aromatic heterocycles. The van der Waals surface area contributed by atoms with Crippen LogP contribution in [-0.4, -0.2) is 34.1 Å². The molecule has 26 heavy (non-hydrogen) atoms. The monoisotopic (exact) mass is 391 g/mol. The number of nitrogens with one attached hydrogen (secondary N) is 1. The molecular formula is C19H19Cl2N3O2. The Morgan fingerprint density at radius 3 is 2.58 bits per heavy atom. The number of rotatable bonds is 3. The first kappa shape index (κ1) is 17.4. The number of nitrogens with zero attached hydrogens (tertiary/aromatic N) is 2. The molecule has 2 saturated heterocycles. The molecule has 0 radical (unpaired) electrons. The van der Waals surface area contributed by atoms with Gasteiger partial charge in [-0.15, -0.1) is 0 Å². The highest BCUT2D eigenvalue weighted by Crippen LogP contribution is 2.37. The maximum absolute atomic E-state index is 12.8. The summed E-state index contributed by atoms with van der Waals surface area (Å²) in [6.07, 6.45) is 7.25. The van der Waals surface area contributed by atoms with Crippen LogP contribution >= 0.6 is 23.2 Å². The molecule has 2 atom stereocenters. The molecule has 2 aliphatic rings. The molecule has 136 valence electrons. The highest BCUT2D eigenvalue weighted by molar-refractivity contribution is 6.42. The minimum Gasteiger partial charge on any atom is -0.489 e. The van der Waals surface area contributed by atoms with Crippen LogP contribution in [0.15, 0.2) is 42.7 Å². The fourth-order valence-electron chi connectivity index (χ4n) is 3.93. The van der Waals surface area contributed by atoms with Crippen LogP contribution in [-0.2, 0) is 0 Å². The van der Waals surface area contributed by atoms with E-state index in [0.717, 1.165) is 31.4 Å². The normalized spacial score (nSPS) is 24.4. The van der Waals surface area contributed by atoms with Gasteiger partial charge in [-0.05, 0) is 43.2 Å². The Kier molecular flexibility index (Phi) is 4.92. The molecule has 2 unspecified atom stereocenters. The van der Waals surface area contributed by atoms with Gasteiger partial charge in [0.25, 0.3) is 0 Å². The topological polar surface area (TPSA) is 54.5 Å².